The molecule has 0 saturated heterocycles. The molecule has 0 fully saturated rings. The van der Waals surface area contributed by atoms with Gasteiger partial charge in [-0.05, 0) is 34.7 Å². The van der Waals surface area contributed by atoms with Crippen LogP contribution in [0, 0.1) is 0 Å². The molecule has 0 spiro atoms. The van der Waals surface area contributed by atoms with Crippen LogP contribution in [0.3, 0.4) is 0 Å². The molecule has 0 aliphatic rings. The molecule has 0 aromatic heterocycles. The van der Waals surface area contributed by atoms with Gasteiger partial charge in [-0.2, -0.15) is 0 Å². The van der Waals surface area contributed by atoms with Crippen LogP contribution in [-0.4, -0.2) is 25.3 Å². The van der Waals surface area contributed by atoms with Gasteiger partial charge in [-0.1, -0.05) is 0 Å². The number of hydrogen-bond donors (Lipinski definition) is 1. The molecule has 0 bridgehead atoms. The highest BCUT2D eigenvalue weighted by molar-refractivity contribution is 5.85. The second-order valence-electron chi connectivity index (χ2n) is 3.60. The number of likely N-dealkylation sites (N-methyl/N-ethyl adjacent to an activating group) is 1. The standard InChI is InChI=1S/C8H19NO.ClH/c1-7(6-9-5)10-8(2,3)4;/h7,9H,6H2,1-5H3;1H. The molecule has 3 heteroatoms. The van der Waals surface area contributed by atoms with Crippen molar-refractivity contribution in [2.24, 2.45) is 0 Å². The average molecular weight is 182 g/mol. The summed E-state index contributed by atoms with van der Waals surface area (Å²) in [5, 5.41) is 3.07. The molecule has 0 aromatic rings. The van der Waals surface area contributed by atoms with E-state index in [1.54, 1.807) is 0 Å². The molecule has 0 aliphatic carbocycles. The lowest BCUT2D eigenvalue weighted by molar-refractivity contribution is -0.0491. The first-order valence-electron chi connectivity index (χ1n) is 3.78. The van der Waals surface area contributed by atoms with E-state index in [4.69, 9.17) is 4.74 Å². The molecule has 0 aromatic carbocycles. The normalized spacial score (nSPS) is 13.9. The summed E-state index contributed by atoms with van der Waals surface area (Å²) in [6.45, 7) is 9.19. The van der Waals surface area contributed by atoms with Crippen LogP contribution >= 0.6 is 12.4 Å². The van der Waals surface area contributed by atoms with Crippen LogP contribution in [-0.2, 0) is 4.74 Å². The van der Waals surface area contributed by atoms with Crippen molar-refractivity contribution >= 4 is 12.4 Å². The SMILES string of the molecule is CNCC(C)OC(C)(C)C.Cl. The second kappa shape index (κ2) is 5.81. The minimum atomic E-state index is -0.0176. The fourth-order valence-corrected chi connectivity index (χ4v) is 0.933. The summed E-state index contributed by atoms with van der Waals surface area (Å²) in [4.78, 5) is 0. The molecule has 0 aliphatic heterocycles. The minimum Gasteiger partial charge on any atom is -0.372 e. The maximum absolute atomic E-state index is 5.62. The number of rotatable bonds is 3. The minimum absolute atomic E-state index is 0. The van der Waals surface area contributed by atoms with Crippen molar-refractivity contribution in [3.8, 4) is 0 Å². The maximum Gasteiger partial charge on any atom is 0.0678 e. The molecule has 0 saturated carbocycles. The van der Waals surface area contributed by atoms with Gasteiger partial charge in [0.15, 0.2) is 0 Å². The lowest BCUT2D eigenvalue weighted by atomic mass is 10.2. The first-order chi connectivity index (χ1) is 4.45. The lowest BCUT2D eigenvalue weighted by Gasteiger charge is -2.24. The van der Waals surface area contributed by atoms with E-state index in [9.17, 15) is 0 Å². The molecule has 0 rings (SSSR count). The number of halogens is 1. The third kappa shape index (κ3) is 10.2. The molecule has 0 heterocycles. The van der Waals surface area contributed by atoms with Crippen LogP contribution in [0.2, 0.25) is 0 Å². The average Bonchev–Trinajstić information content (AvgIpc) is 1.59. The highest BCUT2D eigenvalue weighted by atomic mass is 35.5. The van der Waals surface area contributed by atoms with Crippen molar-refractivity contribution in [3.05, 3.63) is 0 Å². The van der Waals surface area contributed by atoms with Crippen molar-refractivity contribution < 1.29 is 4.74 Å². The van der Waals surface area contributed by atoms with E-state index < -0.39 is 0 Å². The second-order valence-corrected chi connectivity index (χ2v) is 3.60. The van der Waals surface area contributed by atoms with Crippen LogP contribution in [0.15, 0.2) is 0 Å². The van der Waals surface area contributed by atoms with Crippen LogP contribution in [0.4, 0.5) is 0 Å². The van der Waals surface area contributed by atoms with Crippen molar-refractivity contribution in [1.29, 1.82) is 0 Å². The molecule has 70 valence electrons. The summed E-state index contributed by atoms with van der Waals surface area (Å²) in [5.74, 6) is 0. The van der Waals surface area contributed by atoms with Crippen LogP contribution in [0.1, 0.15) is 27.7 Å². The molecule has 11 heavy (non-hydrogen) atoms. The Morgan fingerprint density at radius 1 is 1.36 bits per heavy atom. The van der Waals surface area contributed by atoms with E-state index in [1.807, 2.05) is 7.05 Å². The summed E-state index contributed by atoms with van der Waals surface area (Å²) in [6.07, 6.45) is 0.296. The predicted octanol–water partition coefficient (Wildman–Crippen LogP) is 1.83. The summed E-state index contributed by atoms with van der Waals surface area (Å²) in [5.41, 5.74) is -0.0176. The van der Waals surface area contributed by atoms with E-state index in [-0.39, 0.29) is 18.0 Å². The smallest absolute Gasteiger partial charge is 0.0678 e. The van der Waals surface area contributed by atoms with Gasteiger partial charge in [0.25, 0.3) is 0 Å². The summed E-state index contributed by atoms with van der Waals surface area (Å²) < 4.78 is 5.62. The van der Waals surface area contributed by atoms with Crippen LogP contribution in [0.5, 0.6) is 0 Å². The summed E-state index contributed by atoms with van der Waals surface area (Å²) in [7, 11) is 1.93. The summed E-state index contributed by atoms with van der Waals surface area (Å²) >= 11 is 0. The Hall–Kier alpha value is 0.210. The zero-order chi connectivity index (χ0) is 8.20. The van der Waals surface area contributed by atoms with E-state index in [2.05, 4.69) is 33.0 Å². The van der Waals surface area contributed by atoms with E-state index in [0.29, 0.717) is 6.10 Å². The molecule has 0 radical (unpaired) electrons. The molecule has 1 N–H and O–H groups in total. The number of ether oxygens (including phenoxy) is 1. The van der Waals surface area contributed by atoms with Gasteiger partial charge >= 0.3 is 0 Å². The van der Waals surface area contributed by atoms with Gasteiger partial charge in [-0.3, -0.25) is 0 Å². The molecular weight excluding hydrogens is 162 g/mol. The Bertz CT molecular complexity index is 90.6. The van der Waals surface area contributed by atoms with Crippen molar-refractivity contribution in [2.75, 3.05) is 13.6 Å². The zero-order valence-corrected chi connectivity index (χ0v) is 8.92. The Labute approximate surface area is 76.1 Å². The Balaban J connectivity index is 0. The number of hydrogen-bond acceptors (Lipinski definition) is 2. The lowest BCUT2D eigenvalue weighted by Crippen LogP contribution is -2.31. The Kier molecular flexibility index (Phi) is 7.28. The third-order valence-corrected chi connectivity index (χ3v) is 1.05. The van der Waals surface area contributed by atoms with Crippen molar-refractivity contribution in [2.45, 2.75) is 39.4 Å². The first-order valence-corrected chi connectivity index (χ1v) is 3.78. The van der Waals surface area contributed by atoms with Gasteiger partial charge in [0.05, 0.1) is 11.7 Å². The summed E-state index contributed by atoms with van der Waals surface area (Å²) in [6, 6.07) is 0. The van der Waals surface area contributed by atoms with Gasteiger partial charge in [-0.15, -0.1) is 12.4 Å². The largest absolute Gasteiger partial charge is 0.372 e. The van der Waals surface area contributed by atoms with E-state index >= 15 is 0 Å². The van der Waals surface area contributed by atoms with Gasteiger partial charge in [-0.25, -0.2) is 0 Å². The monoisotopic (exact) mass is 181 g/mol. The van der Waals surface area contributed by atoms with Gasteiger partial charge < -0.3 is 10.1 Å². The molecular formula is C8H20ClNO. The molecule has 0 amide bonds. The van der Waals surface area contributed by atoms with Crippen LogP contribution in [0.25, 0.3) is 0 Å². The Morgan fingerprint density at radius 3 is 2.09 bits per heavy atom. The van der Waals surface area contributed by atoms with E-state index in [0.717, 1.165) is 6.54 Å². The van der Waals surface area contributed by atoms with Crippen molar-refractivity contribution in [3.63, 3.8) is 0 Å². The molecule has 1 atom stereocenters. The molecule has 1 unspecified atom stereocenters. The fourth-order valence-electron chi connectivity index (χ4n) is 0.933. The van der Waals surface area contributed by atoms with E-state index in [1.165, 1.54) is 0 Å². The quantitative estimate of drug-likeness (QED) is 0.718. The van der Waals surface area contributed by atoms with Gasteiger partial charge in [0.1, 0.15) is 0 Å². The third-order valence-electron chi connectivity index (χ3n) is 1.05. The first kappa shape index (κ1) is 13.8. The highest BCUT2D eigenvalue weighted by Gasteiger charge is 2.13. The maximum atomic E-state index is 5.62. The predicted molar refractivity (Wildman–Crippen MR) is 51.5 cm³/mol. The van der Waals surface area contributed by atoms with Crippen molar-refractivity contribution in [1.82, 2.24) is 5.32 Å². The highest BCUT2D eigenvalue weighted by Crippen LogP contribution is 2.09. The van der Waals surface area contributed by atoms with Gasteiger partial charge in [0.2, 0.25) is 0 Å². The Morgan fingerprint density at radius 2 is 1.82 bits per heavy atom. The zero-order valence-electron chi connectivity index (χ0n) is 8.10. The fraction of sp³-hybridized carbons (Fsp3) is 1.00. The van der Waals surface area contributed by atoms with Gasteiger partial charge in [0, 0.05) is 6.54 Å². The number of nitrogens with one attached hydrogen (secondary N) is 1. The topological polar surface area (TPSA) is 21.3 Å². The molecule has 2 nitrogen and oxygen atoms in total. The van der Waals surface area contributed by atoms with Crippen LogP contribution < -0.4 is 5.32 Å².